The van der Waals surface area contributed by atoms with Crippen LogP contribution in [0.15, 0.2) is 29.2 Å². The van der Waals surface area contributed by atoms with Crippen LogP contribution in [0.1, 0.15) is 0 Å². The highest BCUT2D eigenvalue weighted by molar-refractivity contribution is 8.00. The number of aliphatic hydroxyl groups excluding tert-OH is 3. The van der Waals surface area contributed by atoms with E-state index in [9.17, 15) is 9.90 Å². The van der Waals surface area contributed by atoms with Gasteiger partial charge in [0.1, 0.15) is 19.6 Å². The van der Waals surface area contributed by atoms with Crippen molar-refractivity contribution < 1.29 is 30.1 Å². The van der Waals surface area contributed by atoms with Crippen molar-refractivity contribution in [1.29, 1.82) is 0 Å². The van der Waals surface area contributed by atoms with Crippen LogP contribution in [0.2, 0.25) is 5.02 Å². The monoisotopic (exact) mass is 351 g/mol. The fourth-order valence-electron chi connectivity index (χ4n) is 1.52. The number of carbonyl (C=O) groups is 1. The molecule has 0 spiro atoms. The lowest BCUT2D eigenvalue weighted by atomic mass is 10.4. The van der Waals surface area contributed by atoms with Crippen molar-refractivity contribution in [2.75, 3.05) is 45.2 Å². The Hall–Kier alpha value is -0.830. The second-order valence-corrected chi connectivity index (χ2v) is 5.77. The average molecular weight is 352 g/mol. The molecule has 0 atom stereocenters. The molecule has 1 rings (SSSR count). The number of benzene rings is 1. The molecular formula is C14H22ClNO5S. The van der Waals surface area contributed by atoms with Crippen molar-refractivity contribution in [1.82, 2.24) is 0 Å². The number of halogens is 1. The van der Waals surface area contributed by atoms with E-state index in [1.165, 1.54) is 11.8 Å². The molecule has 1 aromatic carbocycles. The molecule has 22 heavy (non-hydrogen) atoms. The molecule has 0 heterocycles. The van der Waals surface area contributed by atoms with Gasteiger partial charge in [-0.2, -0.15) is 0 Å². The smallest absolute Gasteiger partial charge is 0.101 e. The molecule has 0 aliphatic rings. The summed E-state index contributed by atoms with van der Waals surface area (Å²) in [5, 5.41) is 36.2. The normalized spacial score (nSPS) is 10.2. The highest BCUT2D eigenvalue weighted by atomic mass is 35.5. The Morgan fingerprint density at radius 1 is 1.05 bits per heavy atom. The Morgan fingerprint density at radius 3 is 1.86 bits per heavy atom. The molecule has 4 N–H and O–H groups in total. The first-order valence-electron chi connectivity index (χ1n) is 6.77. The summed E-state index contributed by atoms with van der Waals surface area (Å²) in [4.78, 5) is 12.0. The lowest BCUT2D eigenvalue weighted by molar-refractivity contribution is -0.901. The van der Waals surface area contributed by atoms with Gasteiger partial charge in [-0.1, -0.05) is 11.6 Å². The number of thioether (sulfide) groups is 1. The molecule has 6 nitrogen and oxygen atoms in total. The second kappa shape index (κ2) is 13.8. The Labute approximate surface area is 139 Å². The van der Waals surface area contributed by atoms with Crippen molar-refractivity contribution >= 4 is 29.3 Å². The summed E-state index contributed by atoms with van der Waals surface area (Å²) in [6.07, 6.45) is 0. The van der Waals surface area contributed by atoms with Gasteiger partial charge in [0.15, 0.2) is 0 Å². The molecular weight excluding hydrogens is 330 g/mol. The molecule has 1 aromatic rings. The van der Waals surface area contributed by atoms with Crippen molar-refractivity contribution in [2.45, 2.75) is 4.90 Å². The Bertz CT molecular complexity index is 390. The van der Waals surface area contributed by atoms with E-state index in [2.05, 4.69) is 0 Å². The Balaban J connectivity index is 0.000000409. The minimum atomic E-state index is -1.06. The first-order valence-corrected chi connectivity index (χ1v) is 8.14. The summed E-state index contributed by atoms with van der Waals surface area (Å²) in [7, 11) is 0. The minimum absolute atomic E-state index is 0.0262. The van der Waals surface area contributed by atoms with Gasteiger partial charge in [-0.05, 0) is 24.3 Å². The maximum absolute atomic E-state index is 10.1. The number of hydrogen-bond donors (Lipinski definition) is 4. The molecule has 126 valence electrons. The van der Waals surface area contributed by atoms with Crippen LogP contribution in [-0.4, -0.2) is 66.5 Å². The summed E-state index contributed by atoms with van der Waals surface area (Å²) in [5.41, 5.74) is 0. The van der Waals surface area contributed by atoms with E-state index in [0.717, 1.165) is 9.80 Å². The van der Waals surface area contributed by atoms with Crippen LogP contribution in [-0.2, 0) is 4.79 Å². The third kappa shape index (κ3) is 11.8. The van der Waals surface area contributed by atoms with Crippen LogP contribution < -0.4 is 10.0 Å². The van der Waals surface area contributed by atoms with Gasteiger partial charge >= 0.3 is 0 Å². The lowest BCUT2D eigenvalue weighted by Crippen LogP contribution is -3.13. The summed E-state index contributed by atoms with van der Waals surface area (Å²) < 4.78 is 0. The molecule has 0 radical (unpaired) electrons. The number of aliphatic carboxylic acids is 1. The highest BCUT2D eigenvalue weighted by Gasteiger charge is 2.03. The van der Waals surface area contributed by atoms with Crippen LogP contribution in [0.3, 0.4) is 0 Å². The van der Waals surface area contributed by atoms with Gasteiger partial charge in [-0.25, -0.2) is 0 Å². The van der Waals surface area contributed by atoms with Gasteiger partial charge in [-0.15, -0.1) is 11.8 Å². The number of carboxylic acids is 1. The standard InChI is InChI=1S/C8H7ClO2S.C6H15NO3/c9-6-1-3-7(4-2-6)12-5-8(10)11;8-4-1-7(2-5-9)3-6-10/h1-4H,5H2,(H,10,11);8-10H,1-6H2. The van der Waals surface area contributed by atoms with Crippen LogP contribution >= 0.6 is 23.4 Å². The molecule has 8 heteroatoms. The molecule has 0 aliphatic carbocycles. The van der Waals surface area contributed by atoms with Gasteiger partial charge in [0, 0.05) is 15.7 Å². The zero-order valence-corrected chi connectivity index (χ0v) is 13.8. The average Bonchev–Trinajstić information content (AvgIpc) is 2.48. The van der Waals surface area contributed by atoms with Crippen LogP contribution in [0.5, 0.6) is 0 Å². The summed E-state index contributed by atoms with van der Waals surface area (Å²) in [5.74, 6) is -1.09. The number of rotatable bonds is 9. The first-order chi connectivity index (χ1) is 10.5. The second-order valence-electron chi connectivity index (χ2n) is 4.29. The molecule has 0 aliphatic heterocycles. The molecule has 0 saturated heterocycles. The third-order valence-electron chi connectivity index (χ3n) is 2.57. The number of nitrogens with one attached hydrogen (secondary N) is 1. The number of carboxylic acid groups (broad SMARTS) is 1. The minimum Gasteiger partial charge on any atom is -0.549 e. The van der Waals surface area contributed by atoms with Gasteiger partial charge in [0.2, 0.25) is 0 Å². The predicted molar refractivity (Wildman–Crippen MR) is 84.0 cm³/mol. The number of hydrogen-bond acceptors (Lipinski definition) is 6. The van der Waals surface area contributed by atoms with Crippen molar-refractivity contribution in [3.8, 4) is 0 Å². The summed E-state index contributed by atoms with van der Waals surface area (Å²) >= 11 is 6.85. The molecule has 0 bridgehead atoms. The zero-order chi connectivity index (χ0) is 16.8. The topological polar surface area (TPSA) is 105 Å². The van der Waals surface area contributed by atoms with Crippen LogP contribution in [0.4, 0.5) is 0 Å². The van der Waals surface area contributed by atoms with Crippen molar-refractivity contribution in [2.24, 2.45) is 0 Å². The van der Waals surface area contributed by atoms with E-state index < -0.39 is 5.97 Å². The summed E-state index contributed by atoms with van der Waals surface area (Å²) in [6.45, 7) is 2.11. The van der Waals surface area contributed by atoms with Gasteiger partial charge in [0.25, 0.3) is 0 Å². The summed E-state index contributed by atoms with van der Waals surface area (Å²) in [6, 6.07) is 6.99. The first kappa shape index (κ1) is 21.2. The highest BCUT2D eigenvalue weighted by Crippen LogP contribution is 2.19. The van der Waals surface area contributed by atoms with Gasteiger partial charge in [0.05, 0.1) is 25.8 Å². The van der Waals surface area contributed by atoms with Gasteiger partial charge < -0.3 is 30.1 Å². The molecule has 0 aromatic heterocycles. The Kier molecular flexibility index (Phi) is 13.3. The van der Waals surface area contributed by atoms with E-state index in [1.807, 2.05) is 0 Å². The third-order valence-corrected chi connectivity index (χ3v) is 3.80. The fourth-order valence-corrected chi connectivity index (χ4v) is 2.26. The fraction of sp³-hybridized carbons (Fsp3) is 0.500. The molecule has 0 saturated carbocycles. The predicted octanol–water partition coefficient (Wildman–Crippen LogP) is -1.97. The van der Waals surface area contributed by atoms with Crippen LogP contribution in [0, 0.1) is 0 Å². The lowest BCUT2D eigenvalue weighted by Gasteiger charge is -2.15. The number of quaternary nitrogens is 1. The van der Waals surface area contributed by atoms with E-state index in [1.54, 1.807) is 24.3 Å². The maximum atomic E-state index is 10.1. The quantitative estimate of drug-likeness (QED) is 0.385. The Morgan fingerprint density at radius 2 is 1.50 bits per heavy atom. The van der Waals surface area contributed by atoms with E-state index >= 15 is 0 Å². The van der Waals surface area contributed by atoms with Crippen molar-refractivity contribution in [3.63, 3.8) is 0 Å². The van der Waals surface area contributed by atoms with Crippen LogP contribution in [0.25, 0.3) is 0 Å². The van der Waals surface area contributed by atoms with E-state index in [-0.39, 0.29) is 25.6 Å². The van der Waals surface area contributed by atoms with Crippen molar-refractivity contribution in [3.05, 3.63) is 29.3 Å². The molecule has 0 amide bonds. The van der Waals surface area contributed by atoms with E-state index in [4.69, 9.17) is 26.9 Å². The SMILES string of the molecule is O=C([O-])CSc1ccc(Cl)cc1.OCC[NH+](CCO)CCO. The molecule has 0 unspecified atom stereocenters. The number of carbonyl (C=O) groups excluding carboxylic acids is 1. The molecule has 0 fully saturated rings. The largest absolute Gasteiger partial charge is 0.549 e. The maximum Gasteiger partial charge on any atom is 0.101 e. The van der Waals surface area contributed by atoms with Gasteiger partial charge in [-0.3, -0.25) is 0 Å². The zero-order valence-electron chi connectivity index (χ0n) is 12.2. The number of aliphatic hydroxyl groups is 3. The van der Waals surface area contributed by atoms with E-state index in [0.29, 0.717) is 24.7 Å².